The van der Waals surface area contributed by atoms with Crippen LogP contribution >= 0.6 is 0 Å². The van der Waals surface area contributed by atoms with Crippen LogP contribution in [0.1, 0.15) is 69.2 Å². The zero-order valence-electron chi connectivity index (χ0n) is 15.0. The minimum Gasteiger partial charge on any atom is -0.341 e. The van der Waals surface area contributed by atoms with E-state index in [-0.39, 0.29) is 42.5 Å². The van der Waals surface area contributed by atoms with Crippen molar-refractivity contribution in [2.45, 2.75) is 69.2 Å². The van der Waals surface area contributed by atoms with Gasteiger partial charge in [-0.15, -0.1) is 0 Å². The standard InChI is InChI=1S/4C4H9.Mg.Zn/c4*1-4(2)3;;/h2*1-3H3;2*4H,1H2,2-3H3;;/q4*-1;2*+2. The molecule has 0 N–H and O–H groups in total. The van der Waals surface area contributed by atoms with E-state index < -0.39 is 0 Å². The number of hydrogen-bond acceptors (Lipinski definition) is 0. The van der Waals surface area contributed by atoms with Gasteiger partial charge in [-0.3, -0.25) is 0 Å². The van der Waals surface area contributed by atoms with E-state index in [0.29, 0.717) is 11.8 Å². The van der Waals surface area contributed by atoms with Crippen LogP contribution in [0.4, 0.5) is 0 Å². The maximum Gasteiger partial charge on any atom is 2.00 e. The molecule has 18 heavy (non-hydrogen) atoms. The molecule has 0 aromatic carbocycles. The Labute approximate surface area is 148 Å². The summed E-state index contributed by atoms with van der Waals surface area (Å²) in [6.07, 6.45) is 0. The van der Waals surface area contributed by atoms with Gasteiger partial charge in [-0.2, -0.15) is 53.4 Å². The Morgan fingerprint density at radius 3 is 0.611 bits per heavy atom. The van der Waals surface area contributed by atoms with Crippen molar-refractivity contribution in [2.24, 2.45) is 11.8 Å². The molecule has 0 saturated heterocycles. The molecule has 0 bridgehead atoms. The Hall–Kier alpha value is 1.39. The van der Waals surface area contributed by atoms with Gasteiger partial charge >= 0.3 is 42.5 Å². The molecule has 0 aromatic rings. The average molecular weight is 318 g/mol. The summed E-state index contributed by atoms with van der Waals surface area (Å²) in [5.41, 5.74) is 0. The van der Waals surface area contributed by atoms with Crippen LogP contribution in [0.15, 0.2) is 0 Å². The van der Waals surface area contributed by atoms with Gasteiger partial charge in [0.05, 0.1) is 0 Å². The molecule has 0 spiro atoms. The fourth-order valence-electron chi connectivity index (χ4n) is 0. The molecule has 104 valence electrons. The third kappa shape index (κ3) is 2420. The predicted molar refractivity (Wildman–Crippen MR) is 86.7 cm³/mol. The molecule has 0 aliphatic heterocycles. The van der Waals surface area contributed by atoms with Gasteiger partial charge in [-0.25, -0.2) is 0 Å². The van der Waals surface area contributed by atoms with Gasteiger partial charge in [0.25, 0.3) is 0 Å². The number of rotatable bonds is 0. The Bertz CT molecular complexity index is 54.1. The third-order valence-corrected chi connectivity index (χ3v) is 0. The van der Waals surface area contributed by atoms with Crippen LogP contribution in [0.25, 0.3) is 0 Å². The first kappa shape index (κ1) is 36.6. The molecular formula is C16H36MgZn. The first-order chi connectivity index (χ1) is 6.93. The van der Waals surface area contributed by atoms with E-state index >= 15 is 0 Å². The summed E-state index contributed by atoms with van der Waals surface area (Å²) in [5.74, 6) is 4.00. The minimum atomic E-state index is 0. The van der Waals surface area contributed by atoms with Gasteiger partial charge in [0.15, 0.2) is 0 Å². The summed E-state index contributed by atoms with van der Waals surface area (Å²) in [6, 6.07) is 0. The molecule has 2 heteroatoms. The second-order valence-corrected chi connectivity index (χ2v) is 5.79. The van der Waals surface area contributed by atoms with Crippen molar-refractivity contribution >= 4 is 23.1 Å². The van der Waals surface area contributed by atoms with E-state index in [2.05, 4.69) is 83.1 Å². The number of hydrogen-bond donors (Lipinski definition) is 0. The van der Waals surface area contributed by atoms with Gasteiger partial charge in [0, 0.05) is 0 Å². The van der Waals surface area contributed by atoms with Crippen LogP contribution in [0.5, 0.6) is 0 Å². The first-order valence-electron chi connectivity index (χ1n) is 6.13. The second-order valence-electron chi connectivity index (χ2n) is 5.79. The molecule has 0 aliphatic rings. The summed E-state index contributed by atoms with van der Waals surface area (Å²) in [6.45, 7) is 28.0. The molecule has 0 aliphatic carbocycles. The Balaban J connectivity index is -0.0000000257. The van der Waals surface area contributed by atoms with Crippen molar-refractivity contribution in [3.05, 3.63) is 25.7 Å². The first-order valence-corrected chi connectivity index (χ1v) is 6.13. The van der Waals surface area contributed by atoms with Crippen LogP contribution in [-0.2, 0) is 19.5 Å². The summed E-state index contributed by atoms with van der Waals surface area (Å²) >= 11 is 0. The molecule has 0 unspecified atom stereocenters. The normalized spacial score (nSPS) is 8.00. The van der Waals surface area contributed by atoms with Crippen molar-refractivity contribution in [3.63, 3.8) is 0 Å². The van der Waals surface area contributed by atoms with Crippen molar-refractivity contribution < 1.29 is 19.5 Å². The summed E-state index contributed by atoms with van der Waals surface area (Å²) in [4.78, 5) is 0. The largest absolute Gasteiger partial charge is 2.00 e. The molecule has 0 aromatic heterocycles. The summed E-state index contributed by atoms with van der Waals surface area (Å²) < 4.78 is 0. The van der Waals surface area contributed by atoms with Gasteiger partial charge in [-0.1, -0.05) is 27.7 Å². The SMILES string of the molecule is C[C-](C)C.C[C-](C)C.[CH2-]C(C)C.[CH2-]C(C)C.[Mg+2].[Zn+2]. The molecule has 0 radical (unpaired) electrons. The van der Waals surface area contributed by atoms with Crippen molar-refractivity contribution in [2.75, 3.05) is 0 Å². The Kier molecular flexibility index (Phi) is 63.0. The van der Waals surface area contributed by atoms with Crippen molar-refractivity contribution in [1.82, 2.24) is 0 Å². The molecular weight excluding hydrogens is 282 g/mol. The average Bonchev–Trinajstić information content (AvgIpc) is 1.76. The molecule has 0 saturated carbocycles. The monoisotopic (exact) mass is 316 g/mol. The van der Waals surface area contributed by atoms with E-state index in [0.717, 1.165) is 0 Å². The summed E-state index contributed by atoms with van der Waals surface area (Å²) in [5, 5.41) is 0. The van der Waals surface area contributed by atoms with Crippen LogP contribution in [0.3, 0.4) is 0 Å². The zero-order chi connectivity index (χ0) is 14.3. The van der Waals surface area contributed by atoms with Crippen LogP contribution < -0.4 is 0 Å². The van der Waals surface area contributed by atoms with E-state index in [9.17, 15) is 0 Å². The van der Waals surface area contributed by atoms with Crippen LogP contribution in [0, 0.1) is 37.5 Å². The van der Waals surface area contributed by atoms with Crippen molar-refractivity contribution in [1.29, 1.82) is 0 Å². The molecule has 0 fully saturated rings. The van der Waals surface area contributed by atoms with E-state index in [1.807, 2.05) is 0 Å². The predicted octanol–water partition coefficient (Wildman–Crippen LogP) is 5.81. The van der Waals surface area contributed by atoms with Crippen LogP contribution in [0.2, 0.25) is 0 Å². The Morgan fingerprint density at radius 1 is 0.611 bits per heavy atom. The summed E-state index contributed by atoms with van der Waals surface area (Å²) in [7, 11) is 0. The van der Waals surface area contributed by atoms with E-state index in [1.54, 1.807) is 0 Å². The maximum atomic E-state index is 3.64. The fraction of sp³-hybridized carbons (Fsp3) is 0.750. The van der Waals surface area contributed by atoms with Gasteiger partial charge < -0.3 is 25.7 Å². The quantitative estimate of drug-likeness (QED) is 0.390. The topological polar surface area (TPSA) is 0 Å². The molecule has 0 atom stereocenters. The fourth-order valence-corrected chi connectivity index (χ4v) is 0. The van der Waals surface area contributed by atoms with Gasteiger partial charge in [-0.05, 0) is 0 Å². The molecule has 0 heterocycles. The van der Waals surface area contributed by atoms with Gasteiger partial charge in [0.2, 0.25) is 0 Å². The van der Waals surface area contributed by atoms with Gasteiger partial charge in [0.1, 0.15) is 0 Å². The third-order valence-electron chi connectivity index (χ3n) is 0. The smallest absolute Gasteiger partial charge is 0.341 e. The second kappa shape index (κ2) is 31.0. The van der Waals surface area contributed by atoms with E-state index in [1.165, 1.54) is 11.8 Å². The Morgan fingerprint density at radius 2 is 0.611 bits per heavy atom. The van der Waals surface area contributed by atoms with Crippen molar-refractivity contribution in [3.8, 4) is 0 Å². The minimum absolute atomic E-state index is 0. The zero-order valence-corrected chi connectivity index (χ0v) is 19.4. The maximum absolute atomic E-state index is 3.64. The van der Waals surface area contributed by atoms with Crippen LogP contribution in [-0.4, -0.2) is 23.1 Å². The molecule has 0 nitrogen and oxygen atoms in total. The molecule has 0 rings (SSSR count). The van der Waals surface area contributed by atoms with E-state index in [4.69, 9.17) is 0 Å². The molecule has 0 amide bonds.